The Kier molecular flexibility index (Phi) is 6.58. The van der Waals surface area contributed by atoms with Crippen LogP contribution >= 0.6 is 11.6 Å². The van der Waals surface area contributed by atoms with E-state index in [0.717, 1.165) is 31.6 Å². The minimum absolute atomic E-state index is 0.591. The number of carboxylic acid groups (broad SMARTS) is 1. The number of rotatable bonds is 2. The summed E-state index contributed by atoms with van der Waals surface area (Å²) in [7, 11) is 0. The highest BCUT2D eigenvalue weighted by molar-refractivity contribution is 6.30. The molecule has 1 fully saturated rings. The number of hydrogen-bond acceptors (Lipinski definition) is 4. The zero-order valence-electron chi connectivity index (χ0n) is 11.5. The number of carbonyl (C=O) groups is 1. The first-order chi connectivity index (χ1) is 10.1. The molecule has 3 N–H and O–H groups in total. The van der Waals surface area contributed by atoms with E-state index in [9.17, 15) is 18.3 Å². The maximum atomic E-state index is 10.6. The fourth-order valence-electron chi connectivity index (χ4n) is 1.92. The van der Waals surface area contributed by atoms with Gasteiger partial charge in [0.05, 0.1) is 10.6 Å². The third kappa shape index (κ3) is 6.59. The van der Waals surface area contributed by atoms with E-state index in [1.165, 1.54) is 0 Å². The van der Waals surface area contributed by atoms with E-state index in [0.29, 0.717) is 11.4 Å². The molecule has 0 bridgehead atoms. The number of hydrogen-bond donors (Lipinski definition) is 3. The summed E-state index contributed by atoms with van der Waals surface area (Å²) in [4.78, 5) is 13.1. The van der Waals surface area contributed by atoms with E-state index >= 15 is 0 Å². The molecule has 1 saturated heterocycles. The van der Waals surface area contributed by atoms with Crippen molar-refractivity contribution in [2.75, 3.05) is 13.1 Å². The average molecular weight is 341 g/mol. The van der Waals surface area contributed by atoms with E-state index in [4.69, 9.17) is 21.5 Å². The largest absolute Gasteiger partial charge is 0.490 e. The Morgan fingerprint density at radius 3 is 2.32 bits per heavy atom. The molecule has 0 saturated carbocycles. The molecule has 1 aromatic rings. The molecule has 0 unspecified atom stereocenters. The van der Waals surface area contributed by atoms with E-state index in [-0.39, 0.29) is 0 Å². The van der Waals surface area contributed by atoms with Crippen LogP contribution in [-0.2, 0) is 11.2 Å². The number of piperidine rings is 1. The fraction of sp³-hybridized carbons (Fsp3) is 0.538. The molecule has 0 aromatic carbocycles. The van der Waals surface area contributed by atoms with Crippen molar-refractivity contribution >= 4 is 17.6 Å². The standard InChI is InChI=1S/C11H15ClN2O.C2HF3O2/c12-9-1-2-10(14-8-9)7-11(15)3-5-13-6-4-11;3-2(4,5)1(6)7/h1-2,8,13,15H,3-7H2;(H,6,7). The van der Waals surface area contributed by atoms with Crippen molar-refractivity contribution in [3.05, 3.63) is 29.0 Å². The van der Waals surface area contributed by atoms with Crippen LogP contribution in [0.2, 0.25) is 5.02 Å². The van der Waals surface area contributed by atoms with Crippen molar-refractivity contribution in [2.45, 2.75) is 31.0 Å². The Hall–Kier alpha value is -1.38. The SMILES string of the molecule is O=C(O)C(F)(F)F.OC1(Cc2ccc(Cl)cn2)CCNCC1. The quantitative estimate of drug-likeness (QED) is 0.767. The summed E-state index contributed by atoms with van der Waals surface area (Å²) in [6.07, 6.45) is -1.26. The number of nitrogens with one attached hydrogen (secondary N) is 1. The zero-order valence-corrected chi connectivity index (χ0v) is 12.3. The van der Waals surface area contributed by atoms with Crippen LogP contribution in [-0.4, -0.2) is 46.0 Å². The molecule has 0 atom stereocenters. The summed E-state index contributed by atoms with van der Waals surface area (Å²) in [5.74, 6) is -2.76. The molecule has 2 heterocycles. The third-order valence-electron chi connectivity index (χ3n) is 3.08. The second-order valence-electron chi connectivity index (χ2n) is 4.92. The highest BCUT2D eigenvalue weighted by atomic mass is 35.5. The molecular formula is C13H16ClF3N2O3. The monoisotopic (exact) mass is 340 g/mol. The molecule has 9 heteroatoms. The van der Waals surface area contributed by atoms with E-state index < -0.39 is 17.7 Å². The van der Waals surface area contributed by atoms with Gasteiger partial charge in [0.2, 0.25) is 0 Å². The van der Waals surface area contributed by atoms with Crippen LogP contribution in [0.15, 0.2) is 18.3 Å². The van der Waals surface area contributed by atoms with E-state index in [2.05, 4.69) is 10.3 Å². The first-order valence-corrected chi connectivity index (χ1v) is 6.84. The maximum Gasteiger partial charge on any atom is 0.490 e. The second-order valence-corrected chi connectivity index (χ2v) is 5.36. The van der Waals surface area contributed by atoms with Gasteiger partial charge >= 0.3 is 12.1 Å². The lowest BCUT2D eigenvalue weighted by molar-refractivity contribution is -0.192. The fourth-order valence-corrected chi connectivity index (χ4v) is 2.03. The van der Waals surface area contributed by atoms with Gasteiger partial charge in [0.25, 0.3) is 0 Å². The van der Waals surface area contributed by atoms with Crippen LogP contribution in [0.3, 0.4) is 0 Å². The Morgan fingerprint density at radius 2 is 1.91 bits per heavy atom. The summed E-state index contributed by atoms with van der Waals surface area (Å²) in [5.41, 5.74) is 0.315. The van der Waals surface area contributed by atoms with Crippen molar-refractivity contribution in [1.29, 1.82) is 0 Å². The molecular weight excluding hydrogens is 325 g/mol. The topological polar surface area (TPSA) is 82.5 Å². The Morgan fingerprint density at radius 1 is 1.36 bits per heavy atom. The lowest BCUT2D eigenvalue weighted by atomic mass is 9.88. The summed E-state index contributed by atoms with van der Waals surface area (Å²) in [6.45, 7) is 1.76. The normalized spacial score (nSPS) is 17.3. The predicted octanol–water partition coefficient (Wildman–Crippen LogP) is 2.03. The maximum absolute atomic E-state index is 10.6. The van der Waals surface area contributed by atoms with Gasteiger partial charge in [-0.25, -0.2) is 4.79 Å². The minimum Gasteiger partial charge on any atom is -0.475 e. The molecule has 1 aliphatic rings. The summed E-state index contributed by atoms with van der Waals surface area (Å²) in [6, 6.07) is 3.69. The Bertz CT molecular complexity index is 488. The third-order valence-corrected chi connectivity index (χ3v) is 3.30. The average Bonchev–Trinajstić information content (AvgIpc) is 2.41. The van der Waals surface area contributed by atoms with Gasteiger partial charge in [0.15, 0.2) is 0 Å². The minimum atomic E-state index is -5.08. The van der Waals surface area contributed by atoms with E-state index in [1.807, 2.05) is 12.1 Å². The molecule has 2 rings (SSSR count). The number of aliphatic carboxylic acids is 1. The van der Waals surface area contributed by atoms with Crippen molar-refractivity contribution in [1.82, 2.24) is 10.3 Å². The summed E-state index contributed by atoms with van der Waals surface area (Å²) in [5, 5.41) is 21.3. The van der Waals surface area contributed by atoms with Crippen LogP contribution in [0.25, 0.3) is 0 Å². The smallest absolute Gasteiger partial charge is 0.475 e. The molecule has 0 aliphatic carbocycles. The van der Waals surface area contributed by atoms with Crippen LogP contribution in [0.4, 0.5) is 13.2 Å². The van der Waals surface area contributed by atoms with Gasteiger partial charge in [-0.2, -0.15) is 13.2 Å². The number of aliphatic hydroxyl groups is 1. The van der Waals surface area contributed by atoms with Crippen molar-refractivity contribution in [3.63, 3.8) is 0 Å². The van der Waals surface area contributed by atoms with Crippen LogP contribution in [0.5, 0.6) is 0 Å². The molecule has 0 amide bonds. The number of pyridine rings is 1. The van der Waals surface area contributed by atoms with Crippen LogP contribution in [0, 0.1) is 0 Å². The zero-order chi connectivity index (χ0) is 16.8. The van der Waals surface area contributed by atoms with Crippen LogP contribution in [0.1, 0.15) is 18.5 Å². The molecule has 0 radical (unpaired) electrons. The van der Waals surface area contributed by atoms with Gasteiger partial charge < -0.3 is 15.5 Å². The summed E-state index contributed by atoms with van der Waals surface area (Å²) < 4.78 is 31.7. The second kappa shape index (κ2) is 7.75. The molecule has 5 nitrogen and oxygen atoms in total. The van der Waals surface area contributed by atoms with Crippen molar-refractivity contribution in [2.24, 2.45) is 0 Å². The Balaban J connectivity index is 0.000000295. The van der Waals surface area contributed by atoms with Gasteiger partial charge in [0, 0.05) is 18.3 Å². The first kappa shape index (κ1) is 18.7. The predicted molar refractivity (Wildman–Crippen MR) is 73.7 cm³/mol. The molecule has 1 aromatic heterocycles. The van der Waals surface area contributed by atoms with Gasteiger partial charge in [-0.15, -0.1) is 0 Å². The van der Waals surface area contributed by atoms with Gasteiger partial charge in [-0.1, -0.05) is 11.6 Å². The highest BCUT2D eigenvalue weighted by Crippen LogP contribution is 2.22. The number of alkyl halides is 3. The summed E-state index contributed by atoms with van der Waals surface area (Å²) >= 11 is 5.75. The van der Waals surface area contributed by atoms with Crippen molar-refractivity contribution in [3.8, 4) is 0 Å². The highest BCUT2D eigenvalue weighted by Gasteiger charge is 2.38. The van der Waals surface area contributed by atoms with E-state index in [1.54, 1.807) is 6.20 Å². The number of carboxylic acids is 1. The van der Waals surface area contributed by atoms with Gasteiger partial charge in [-0.05, 0) is 38.1 Å². The van der Waals surface area contributed by atoms with Crippen molar-refractivity contribution < 1.29 is 28.2 Å². The van der Waals surface area contributed by atoms with Gasteiger partial charge in [0.1, 0.15) is 0 Å². The first-order valence-electron chi connectivity index (χ1n) is 6.46. The molecule has 124 valence electrons. The lowest BCUT2D eigenvalue weighted by Gasteiger charge is -2.32. The van der Waals surface area contributed by atoms with Crippen LogP contribution < -0.4 is 5.32 Å². The number of aromatic nitrogens is 1. The van der Waals surface area contributed by atoms with Gasteiger partial charge in [-0.3, -0.25) is 4.98 Å². The lowest BCUT2D eigenvalue weighted by Crippen LogP contribution is -2.43. The number of nitrogens with zero attached hydrogens (tertiary/aromatic N) is 1. The Labute approximate surface area is 130 Å². The molecule has 22 heavy (non-hydrogen) atoms. The number of halogens is 4. The molecule has 0 spiro atoms. The molecule has 1 aliphatic heterocycles.